The van der Waals surface area contributed by atoms with Gasteiger partial charge >= 0.3 is 0 Å². The van der Waals surface area contributed by atoms with Gasteiger partial charge in [-0.15, -0.1) is 0 Å². The normalized spacial score (nSPS) is 17.1. The Bertz CT molecular complexity index is 118. The van der Waals surface area contributed by atoms with E-state index < -0.39 is 0 Å². The highest BCUT2D eigenvalue weighted by Crippen LogP contribution is 2.27. The second kappa shape index (κ2) is 5.67. The molecule has 0 spiro atoms. The minimum Gasteiger partial charge on any atom is -0.0651 e. The van der Waals surface area contributed by atoms with Crippen molar-refractivity contribution in [2.24, 2.45) is 17.3 Å². The van der Waals surface area contributed by atoms with Gasteiger partial charge in [0.25, 0.3) is 0 Å². The molecule has 0 N–H and O–H groups in total. The van der Waals surface area contributed by atoms with Crippen LogP contribution in [0.4, 0.5) is 0 Å². The molecular weight excluding hydrogens is 156 g/mol. The standard InChI is InChI=1S/C13H28/c1-7-11(2)8-9-12(3)10-13(4,5)6/h11-12H,7-10H2,1-6H3. The summed E-state index contributed by atoms with van der Waals surface area (Å²) in [7, 11) is 0. The summed E-state index contributed by atoms with van der Waals surface area (Å²) in [6.07, 6.45) is 5.52. The molecule has 0 heteroatoms. The zero-order valence-electron chi connectivity index (χ0n) is 10.5. The molecular formula is C13H28. The van der Waals surface area contributed by atoms with E-state index >= 15 is 0 Å². The van der Waals surface area contributed by atoms with Gasteiger partial charge in [-0.25, -0.2) is 0 Å². The molecule has 0 aliphatic carbocycles. The maximum absolute atomic E-state index is 2.40. The molecule has 0 saturated heterocycles. The molecule has 0 aliphatic rings. The summed E-state index contributed by atoms with van der Waals surface area (Å²) >= 11 is 0. The summed E-state index contributed by atoms with van der Waals surface area (Å²) in [5.74, 6) is 1.82. The van der Waals surface area contributed by atoms with Gasteiger partial charge in [-0.2, -0.15) is 0 Å². The van der Waals surface area contributed by atoms with Crippen LogP contribution in [0.3, 0.4) is 0 Å². The van der Waals surface area contributed by atoms with Crippen LogP contribution in [-0.2, 0) is 0 Å². The van der Waals surface area contributed by atoms with Crippen molar-refractivity contribution in [3.8, 4) is 0 Å². The molecule has 0 heterocycles. The fourth-order valence-electron chi connectivity index (χ4n) is 1.92. The predicted molar refractivity (Wildman–Crippen MR) is 61.9 cm³/mol. The first-order valence-electron chi connectivity index (χ1n) is 5.85. The Balaban J connectivity index is 3.57. The summed E-state index contributed by atoms with van der Waals surface area (Å²) in [5, 5.41) is 0. The van der Waals surface area contributed by atoms with Gasteiger partial charge in [0, 0.05) is 0 Å². The monoisotopic (exact) mass is 184 g/mol. The number of hydrogen-bond donors (Lipinski definition) is 0. The predicted octanol–water partition coefficient (Wildman–Crippen LogP) is 4.89. The van der Waals surface area contributed by atoms with Crippen LogP contribution >= 0.6 is 0 Å². The quantitative estimate of drug-likeness (QED) is 0.571. The summed E-state index contributed by atoms with van der Waals surface area (Å²) < 4.78 is 0. The van der Waals surface area contributed by atoms with Gasteiger partial charge in [-0.3, -0.25) is 0 Å². The fraction of sp³-hybridized carbons (Fsp3) is 1.00. The Hall–Kier alpha value is 0. The fourth-order valence-corrected chi connectivity index (χ4v) is 1.92. The zero-order valence-corrected chi connectivity index (χ0v) is 10.5. The van der Waals surface area contributed by atoms with Gasteiger partial charge in [0.2, 0.25) is 0 Å². The maximum atomic E-state index is 2.40. The Morgan fingerprint density at radius 2 is 1.38 bits per heavy atom. The molecule has 0 saturated carbocycles. The SMILES string of the molecule is CCC(C)CCC(C)CC(C)(C)C. The lowest BCUT2D eigenvalue weighted by atomic mass is 9.82. The summed E-state index contributed by atoms with van der Waals surface area (Å²) in [5.41, 5.74) is 0.509. The zero-order chi connectivity index (χ0) is 10.5. The molecule has 0 aromatic rings. The van der Waals surface area contributed by atoms with Crippen molar-refractivity contribution in [2.45, 2.75) is 67.2 Å². The van der Waals surface area contributed by atoms with Crippen LogP contribution in [0.2, 0.25) is 0 Å². The molecule has 0 radical (unpaired) electrons. The summed E-state index contributed by atoms with van der Waals surface area (Å²) in [4.78, 5) is 0. The maximum Gasteiger partial charge on any atom is -0.0380 e. The van der Waals surface area contributed by atoms with Crippen molar-refractivity contribution in [2.75, 3.05) is 0 Å². The number of hydrogen-bond acceptors (Lipinski definition) is 0. The van der Waals surface area contributed by atoms with E-state index in [1.54, 1.807) is 0 Å². The molecule has 0 fully saturated rings. The Kier molecular flexibility index (Phi) is 5.67. The van der Waals surface area contributed by atoms with E-state index in [9.17, 15) is 0 Å². The van der Waals surface area contributed by atoms with E-state index in [0.29, 0.717) is 5.41 Å². The molecule has 0 nitrogen and oxygen atoms in total. The van der Waals surface area contributed by atoms with Crippen LogP contribution in [0, 0.1) is 17.3 Å². The highest BCUT2D eigenvalue weighted by molar-refractivity contribution is 4.67. The third-order valence-electron chi connectivity index (χ3n) is 2.81. The average Bonchev–Trinajstić information content (AvgIpc) is 1.97. The second-order valence-corrected chi connectivity index (χ2v) is 5.96. The largest absolute Gasteiger partial charge is 0.0651 e. The molecule has 0 bridgehead atoms. The van der Waals surface area contributed by atoms with Crippen molar-refractivity contribution < 1.29 is 0 Å². The molecule has 0 aromatic carbocycles. The van der Waals surface area contributed by atoms with Crippen molar-refractivity contribution in [3.05, 3.63) is 0 Å². The highest BCUT2D eigenvalue weighted by Gasteiger charge is 2.15. The molecule has 0 aromatic heterocycles. The number of rotatable bonds is 5. The minimum atomic E-state index is 0.509. The van der Waals surface area contributed by atoms with Crippen LogP contribution in [-0.4, -0.2) is 0 Å². The Morgan fingerprint density at radius 3 is 1.77 bits per heavy atom. The molecule has 13 heavy (non-hydrogen) atoms. The van der Waals surface area contributed by atoms with Crippen molar-refractivity contribution in [1.82, 2.24) is 0 Å². The second-order valence-electron chi connectivity index (χ2n) is 5.96. The minimum absolute atomic E-state index is 0.509. The van der Waals surface area contributed by atoms with E-state index in [4.69, 9.17) is 0 Å². The molecule has 0 amide bonds. The van der Waals surface area contributed by atoms with Gasteiger partial charge in [0.05, 0.1) is 0 Å². The topological polar surface area (TPSA) is 0 Å². The van der Waals surface area contributed by atoms with Crippen LogP contribution in [0.5, 0.6) is 0 Å². The van der Waals surface area contributed by atoms with E-state index in [1.165, 1.54) is 25.7 Å². The van der Waals surface area contributed by atoms with Gasteiger partial charge in [-0.05, 0) is 23.7 Å². The van der Waals surface area contributed by atoms with Gasteiger partial charge in [0.15, 0.2) is 0 Å². The summed E-state index contributed by atoms with van der Waals surface area (Å²) in [6, 6.07) is 0. The van der Waals surface area contributed by atoms with E-state index in [-0.39, 0.29) is 0 Å². The molecule has 2 atom stereocenters. The van der Waals surface area contributed by atoms with Crippen molar-refractivity contribution in [1.29, 1.82) is 0 Å². The Morgan fingerprint density at radius 1 is 0.923 bits per heavy atom. The molecule has 0 aliphatic heterocycles. The lowest BCUT2D eigenvalue weighted by Crippen LogP contribution is -2.11. The van der Waals surface area contributed by atoms with Crippen LogP contribution in [0.15, 0.2) is 0 Å². The van der Waals surface area contributed by atoms with Crippen LogP contribution in [0.25, 0.3) is 0 Å². The highest BCUT2D eigenvalue weighted by atomic mass is 14.2. The van der Waals surface area contributed by atoms with E-state index in [0.717, 1.165) is 11.8 Å². The first kappa shape index (κ1) is 13.0. The van der Waals surface area contributed by atoms with E-state index in [1.807, 2.05) is 0 Å². The van der Waals surface area contributed by atoms with E-state index in [2.05, 4.69) is 41.5 Å². The molecule has 0 rings (SSSR count). The average molecular weight is 184 g/mol. The Labute approximate surface area is 85.1 Å². The lowest BCUT2D eigenvalue weighted by Gasteiger charge is -2.23. The van der Waals surface area contributed by atoms with Crippen LogP contribution < -0.4 is 0 Å². The molecule has 80 valence electrons. The molecule has 2 unspecified atom stereocenters. The van der Waals surface area contributed by atoms with Crippen LogP contribution in [0.1, 0.15) is 67.2 Å². The van der Waals surface area contributed by atoms with Gasteiger partial charge in [0.1, 0.15) is 0 Å². The summed E-state index contributed by atoms with van der Waals surface area (Å²) in [6.45, 7) is 14.1. The smallest absolute Gasteiger partial charge is 0.0380 e. The first-order chi connectivity index (χ1) is 5.85. The first-order valence-corrected chi connectivity index (χ1v) is 5.85. The van der Waals surface area contributed by atoms with Crippen molar-refractivity contribution in [3.63, 3.8) is 0 Å². The lowest BCUT2D eigenvalue weighted by molar-refractivity contribution is 0.282. The van der Waals surface area contributed by atoms with Crippen molar-refractivity contribution >= 4 is 0 Å². The van der Waals surface area contributed by atoms with Gasteiger partial charge in [-0.1, -0.05) is 60.8 Å². The van der Waals surface area contributed by atoms with Gasteiger partial charge < -0.3 is 0 Å². The third-order valence-corrected chi connectivity index (χ3v) is 2.81. The third kappa shape index (κ3) is 8.33.